The molecule has 9 heteroatoms. The van der Waals surface area contributed by atoms with Gasteiger partial charge in [0.1, 0.15) is 0 Å². The fourth-order valence-corrected chi connectivity index (χ4v) is 6.62. The summed E-state index contributed by atoms with van der Waals surface area (Å²) in [7, 11) is 0. The van der Waals surface area contributed by atoms with Crippen molar-refractivity contribution in [1.82, 2.24) is 15.5 Å². The highest BCUT2D eigenvalue weighted by molar-refractivity contribution is 5.98. The number of anilines is 1. The Bertz CT molecular complexity index is 1960. The van der Waals surface area contributed by atoms with E-state index in [1.807, 2.05) is 79.7 Å². The van der Waals surface area contributed by atoms with Crippen LogP contribution in [-0.2, 0) is 16.1 Å². The van der Waals surface area contributed by atoms with Gasteiger partial charge in [-0.25, -0.2) is 0 Å². The molecule has 0 spiro atoms. The topological polar surface area (TPSA) is 119 Å². The number of para-hydroxylation sites is 1. The van der Waals surface area contributed by atoms with E-state index in [2.05, 4.69) is 22.5 Å². The number of fused-ring (bicyclic) bond motifs is 5. The molecule has 254 valence electrons. The van der Waals surface area contributed by atoms with E-state index >= 15 is 0 Å². The summed E-state index contributed by atoms with van der Waals surface area (Å²) in [5.74, 6) is 5.30. The fourth-order valence-electron chi connectivity index (χ4n) is 6.62. The van der Waals surface area contributed by atoms with Crippen molar-refractivity contribution in [2.75, 3.05) is 37.7 Å². The number of carbonyl (C=O) groups is 4. The van der Waals surface area contributed by atoms with Crippen LogP contribution in [0.4, 0.5) is 5.69 Å². The summed E-state index contributed by atoms with van der Waals surface area (Å²) in [6.07, 6.45) is 0.889. The van der Waals surface area contributed by atoms with E-state index in [9.17, 15) is 24.3 Å². The summed E-state index contributed by atoms with van der Waals surface area (Å²) >= 11 is 0. The summed E-state index contributed by atoms with van der Waals surface area (Å²) in [6, 6.07) is 26.4. The van der Waals surface area contributed by atoms with Gasteiger partial charge < -0.3 is 25.5 Å². The molecule has 0 saturated heterocycles. The molecule has 1 atom stereocenters. The molecular weight excluding hydrogens is 628 g/mol. The molecular formula is C41H40N4O5. The predicted octanol–water partition coefficient (Wildman–Crippen LogP) is 4.85. The quantitative estimate of drug-likeness (QED) is 0.198. The van der Waals surface area contributed by atoms with Crippen LogP contribution in [0, 0.1) is 11.8 Å². The lowest BCUT2D eigenvalue weighted by Crippen LogP contribution is -2.38. The average molecular weight is 669 g/mol. The third-order valence-electron chi connectivity index (χ3n) is 9.22. The minimum absolute atomic E-state index is 0.0824. The maximum atomic E-state index is 14.0. The Labute approximate surface area is 292 Å². The van der Waals surface area contributed by atoms with Crippen LogP contribution >= 0.6 is 0 Å². The molecule has 6 rings (SSSR count). The second kappa shape index (κ2) is 15.2. The predicted molar refractivity (Wildman–Crippen MR) is 193 cm³/mol. The summed E-state index contributed by atoms with van der Waals surface area (Å²) in [4.78, 5) is 56.6. The Morgan fingerprint density at radius 3 is 2.06 bits per heavy atom. The van der Waals surface area contributed by atoms with Gasteiger partial charge in [0, 0.05) is 67.7 Å². The monoisotopic (exact) mass is 668 g/mol. The maximum Gasteiger partial charge on any atom is 0.251 e. The maximum absolute atomic E-state index is 14.0. The van der Waals surface area contributed by atoms with Crippen LogP contribution in [0.1, 0.15) is 81.1 Å². The van der Waals surface area contributed by atoms with Crippen LogP contribution in [0.25, 0.3) is 11.1 Å². The molecule has 1 aliphatic carbocycles. The first-order chi connectivity index (χ1) is 24.3. The van der Waals surface area contributed by atoms with Gasteiger partial charge in [0.05, 0.1) is 18.8 Å². The van der Waals surface area contributed by atoms with Gasteiger partial charge in [-0.15, -0.1) is 0 Å². The third kappa shape index (κ3) is 7.16. The van der Waals surface area contributed by atoms with Gasteiger partial charge in [0.2, 0.25) is 11.8 Å². The lowest BCUT2D eigenvalue weighted by atomic mass is 9.93. The third-order valence-corrected chi connectivity index (χ3v) is 9.22. The van der Waals surface area contributed by atoms with Crippen molar-refractivity contribution in [3.8, 4) is 23.0 Å². The number of rotatable bonds is 11. The van der Waals surface area contributed by atoms with Gasteiger partial charge in [0.15, 0.2) is 0 Å². The first-order valence-electron chi connectivity index (χ1n) is 17.0. The molecule has 0 aromatic heterocycles. The van der Waals surface area contributed by atoms with E-state index in [1.165, 1.54) is 6.92 Å². The number of nitrogens with one attached hydrogen (secondary N) is 2. The lowest BCUT2D eigenvalue weighted by molar-refractivity contribution is -0.129. The number of nitrogens with zero attached hydrogens (tertiary/aromatic N) is 2. The first kappa shape index (κ1) is 34.2. The molecule has 4 amide bonds. The Balaban J connectivity index is 1.29. The van der Waals surface area contributed by atoms with Crippen LogP contribution < -0.4 is 15.5 Å². The van der Waals surface area contributed by atoms with E-state index in [1.54, 1.807) is 21.9 Å². The van der Waals surface area contributed by atoms with E-state index in [4.69, 9.17) is 0 Å². The Kier molecular flexibility index (Phi) is 10.4. The Hall–Kier alpha value is -5.72. The standard InChI is InChI=1S/C41H40N4O5/c1-3-19-42-40(49)30-14-16-33-34-17-15-31(41(50)43-20-22-46)24-36(34)37(35(33)23-30)26-44(27(2)47)21-18-39(48)45-25-32-10-5-4-8-28(32)12-13-29-9-6-7-11-38(29)45/h4-11,14-17,23-24,37,46H,3,18-22,25-26H2,1-2H3,(H,42,49)(H,43,50). The van der Waals surface area contributed by atoms with Crippen LogP contribution in [0.5, 0.6) is 0 Å². The van der Waals surface area contributed by atoms with E-state index in [0.29, 0.717) is 24.2 Å². The molecule has 2 aliphatic rings. The SMILES string of the molecule is CCCNC(=O)c1ccc2c(c1)C(CN(CCC(=O)N1Cc3ccccc3C#Cc3ccccc31)C(C)=O)c1cc(C(=O)NCCO)ccc1-2. The van der Waals surface area contributed by atoms with Gasteiger partial charge in [-0.05, 0) is 76.7 Å². The second-order valence-electron chi connectivity index (χ2n) is 12.5. The molecule has 50 heavy (non-hydrogen) atoms. The fraction of sp³-hybridized carbons (Fsp3) is 0.268. The van der Waals surface area contributed by atoms with Gasteiger partial charge in [0.25, 0.3) is 11.8 Å². The summed E-state index contributed by atoms with van der Waals surface area (Å²) in [5.41, 5.74) is 7.83. The number of amides is 4. The minimum Gasteiger partial charge on any atom is -0.395 e. The first-order valence-corrected chi connectivity index (χ1v) is 17.0. The highest BCUT2D eigenvalue weighted by Gasteiger charge is 2.33. The molecule has 0 bridgehead atoms. The van der Waals surface area contributed by atoms with Crippen LogP contribution in [-0.4, -0.2) is 66.4 Å². The van der Waals surface area contributed by atoms with E-state index in [0.717, 1.165) is 51.1 Å². The molecule has 0 radical (unpaired) electrons. The summed E-state index contributed by atoms with van der Waals surface area (Å²) in [6.45, 7) is 4.76. The summed E-state index contributed by atoms with van der Waals surface area (Å²) < 4.78 is 0. The zero-order chi connectivity index (χ0) is 35.2. The molecule has 1 aliphatic heterocycles. The second-order valence-corrected chi connectivity index (χ2v) is 12.5. The van der Waals surface area contributed by atoms with E-state index < -0.39 is 0 Å². The van der Waals surface area contributed by atoms with Gasteiger partial charge in [-0.2, -0.15) is 0 Å². The average Bonchev–Trinajstić information content (AvgIpc) is 3.43. The molecule has 4 aromatic carbocycles. The van der Waals surface area contributed by atoms with E-state index in [-0.39, 0.29) is 62.2 Å². The highest BCUT2D eigenvalue weighted by Crippen LogP contribution is 2.46. The van der Waals surface area contributed by atoms with Crippen molar-refractivity contribution in [3.05, 3.63) is 124 Å². The number of aliphatic hydroxyl groups excluding tert-OH is 1. The number of hydrogen-bond acceptors (Lipinski definition) is 5. The van der Waals surface area contributed by atoms with Gasteiger partial charge in [-0.1, -0.05) is 61.2 Å². The molecule has 0 fully saturated rings. The number of benzene rings is 4. The lowest BCUT2D eigenvalue weighted by Gasteiger charge is -2.29. The van der Waals surface area contributed by atoms with Crippen molar-refractivity contribution in [2.45, 2.75) is 39.2 Å². The minimum atomic E-state index is -0.354. The van der Waals surface area contributed by atoms with Crippen molar-refractivity contribution >= 4 is 29.3 Å². The van der Waals surface area contributed by atoms with Crippen LogP contribution in [0.3, 0.4) is 0 Å². The molecule has 9 nitrogen and oxygen atoms in total. The van der Waals surface area contributed by atoms with Gasteiger partial charge >= 0.3 is 0 Å². The van der Waals surface area contributed by atoms with Crippen LogP contribution in [0.2, 0.25) is 0 Å². The molecule has 1 heterocycles. The Morgan fingerprint density at radius 1 is 0.820 bits per heavy atom. The smallest absolute Gasteiger partial charge is 0.251 e. The number of aliphatic hydroxyl groups is 1. The zero-order valence-corrected chi connectivity index (χ0v) is 28.3. The largest absolute Gasteiger partial charge is 0.395 e. The molecule has 3 N–H and O–H groups in total. The summed E-state index contributed by atoms with van der Waals surface area (Å²) in [5, 5.41) is 14.9. The van der Waals surface area contributed by atoms with Crippen molar-refractivity contribution in [2.24, 2.45) is 0 Å². The Morgan fingerprint density at radius 2 is 1.42 bits per heavy atom. The normalized spacial score (nSPS) is 13.7. The van der Waals surface area contributed by atoms with Crippen molar-refractivity contribution in [1.29, 1.82) is 0 Å². The highest BCUT2D eigenvalue weighted by atomic mass is 16.3. The van der Waals surface area contributed by atoms with Crippen molar-refractivity contribution in [3.63, 3.8) is 0 Å². The van der Waals surface area contributed by atoms with Crippen molar-refractivity contribution < 1.29 is 24.3 Å². The zero-order valence-electron chi connectivity index (χ0n) is 28.3. The van der Waals surface area contributed by atoms with Crippen LogP contribution in [0.15, 0.2) is 84.9 Å². The number of carbonyl (C=O) groups excluding carboxylic acids is 4. The molecule has 4 aromatic rings. The number of hydrogen-bond donors (Lipinski definition) is 3. The molecule has 1 unspecified atom stereocenters. The molecule has 0 saturated carbocycles. The van der Waals surface area contributed by atoms with Gasteiger partial charge in [-0.3, -0.25) is 19.2 Å².